The van der Waals surface area contributed by atoms with Gasteiger partial charge < -0.3 is 19.7 Å². The number of nitrogens with zero attached hydrogens (tertiary/aromatic N) is 1. The molecule has 0 aromatic heterocycles. The number of hydrogen-bond acceptors (Lipinski definition) is 5. The number of rotatable bonds is 7. The van der Waals surface area contributed by atoms with E-state index in [1.165, 1.54) is 0 Å². The lowest BCUT2D eigenvalue weighted by Crippen LogP contribution is -2.49. The minimum absolute atomic E-state index is 0.180. The maximum absolute atomic E-state index is 12.6. The van der Waals surface area contributed by atoms with Crippen molar-refractivity contribution >= 4 is 11.1 Å². The van der Waals surface area contributed by atoms with Crippen LogP contribution >= 0.6 is 0 Å². The summed E-state index contributed by atoms with van der Waals surface area (Å²) in [6.07, 6.45) is -0.388. The third-order valence-corrected chi connectivity index (χ3v) is 6.95. The zero-order valence-corrected chi connectivity index (χ0v) is 20.0. The number of phenolic OH excluding ortho intramolecular Hbond substituents is 2. The number of benzene rings is 3. The van der Waals surface area contributed by atoms with Gasteiger partial charge >= 0.3 is 0 Å². The van der Waals surface area contributed by atoms with Gasteiger partial charge in [0.25, 0.3) is 0 Å². The van der Waals surface area contributed by atoms with Gasteiger partial charge in [-0.15, -0.1) is 0 Å². The fraction of sp³-hybridized carbons (Fsp3) is 0.310. The Kier molecular flexibility index (Phi) is 6.39. The largest absolute Gasteiger partial charge is 0.508 e. The number of fused-ring (bicyclic) bond motifs is 1. The van der Waals surface area contributed by atoms with E-state index in [0.717, 1.165) is 58.8 Å². The monoisotopic (exact) mass is 475 g/mol. The normalized spacial score (nSPS) is 18.1. The van der Waals surface area contributed by atoms with Crippen LogP contribution in [0.5, 0.6) is 23.0 Å². The van der Waals surface area contributed by atoms with Crippen molar-refractivity contribution in [3.8, 4) is 23.0 Å². The Hall–Kier alpha value is -3.51. The molecule has 1 fully saturated rings. The van der Waals surface area contributed by atoms with Crippen LogP contribution in [0.4, 0.5) is 4.39 Å². The topological polar surface area (TPSA) is 62.2 Å². The molecule has 5 nitrogen and oxygen atoms in total. The molecule has 0 spiro atoms. The van der Waals surface area contributed by atoms with E-state index in [2.05, 4.69) is 4.90 Å². The first-order valence-corrected chi connectivity index (χ1v) is 12.0. The number of aromatic hydroxyl groups is 2. The van der Waals surface area contributed by atoms with Gasteiger partial charge in [-0.05, 0) is 66.9 Å². The highest BCUT2D eigenvalue weighted by Gasteiger charge is 2.31. The predicted molar refractivity (Wildman–Crippen MR) is 135 cm³/mol. The summed E-state index contributed by atoms with van der Waals surface area (Å²) in [6, 6.07) is 18.5. The van der Waals surface area contributed by atoms with Crippen LogP contribution in [0.1, 0.15) is 35.3 Å². The molecule has 0 bridgehead atoms. The number of halogens is 1. The van der Waals surface area contributed by atoms with Crippen molar-refractivity contribution in [3.05, 3.63) is 82.9 Å². The standard InChI is InChI=1S/C29H30FNO4/c1-18-25(33)10-11-26-27(18)19(2)28(22-4-3-5-23(32)14-22)29(35-26)21-6-8-24(9-7-21)34-13-12-31-16-20(15-30)17-31/h3-11,14,20,29,32-33H,12-13,15-17H2,1-2H3/t29-/m1/s1. The minimum atomic E-state index is -0.388. The molecule has 0 amide bonds. The zero-order chi connectivity index (χ0) is 24.5. The number of alkyl halides is 1. The third kappa shape index (κ3) is 4.58. The van der Waals surface area contributed by atoms with Crippen LogP contribution in [-0.4, -0.2) is 48.0 Å². The van der Waals surface area contributed by atoms with Crippen molar-refractivity contribution in [2.45, 2.75) is 20.0 Å². The van der Waals surface area contributed by atoms with Crippen LogP contribution in [0.2, 0.25) is 0 Å². The second kappa shape index (κ2) is 9.62. The molecular formula is C29H30FNO4. The molecule has 3 aromatic carbocycles. The second-order valence-corrected chi connectivity index (χ2v) is 9.37. The zero-order valence-electron chi connectivity index (χ0n) is 20.0. The Morgan fingerprint density at radius 1 is 1.03 bits per heavy atom. The van der Waals surface area contributed by atoms with Crippen LogP contribution in [0.15, 0.2) is 60.7 Å². The Morgan fingerprint density at radius 3 is 2.51 bits per heavy atom. The van der Waals surface area contributed by atoms with Crippen LogP contribution in [0.3, 0.4) is 0 Å². The molecule has 3 aromatic rings. The molecule has 6 heteroatoms. The van der Waals surface area contributed by atoms with Crippen LogP contribution < -0.4 is 9.47 Å². The number of likely N-dealkylation sites (tertiary alicyclic amines) is 1. The Labute approximate surface area is 205 Å². The van der Waals surface area contributed by atoms with Gasteiger partial charge in [0, 0.05) is 42.3 Å². The molecule has 2 aliphatic heterocycles. The lowest BCUT2D eigenvalue weighted by atomic mass is 9.84. The van der Waals surface area contributed by atoms with E-state index in [9.17, 15) is 14.6 Å². The molecule has 5 rings (SSSR count). The van der Waals surface area contributed by atoms with Gasteiger partial charge in [-0.25, -0.2) is 0 Å². The summed E-state index contributed by atoms with van der Waals surface area (Å²) in [4.78, 5) is 2.20. The minimum Gasteiger partial charge on any atom is -0.508 e. The first-order valence-electron chi connectivity index (χ1n) is 12.0. The summed E-state index contributed by atoms with van der Waals surface area (Å²) in [7, 11) is 0. The molecule has 0 aliphatic carbocycles. The van der Waals surface area contributed by atoms with Crippen molar-refractivity contribution in [1.82, 2.24) is 4.90 Å². The number of phenols is 2. The molecule has 2 heterocycles. The Morgan fingerprint density at radius 2 is 1.80 bits per heavy atom. The third-order valence-electron chi connectivity index (χ3n) is 6.95. The van der Waals surface area contributed by atoms with Gasteiger partial charge in [-0.1, -0.05) is 24.3 Å². The van der Waals surface area contributed by atoms with Gasteiger partial charge in [0.1, 0.15) is 35.7 Å². The van der Waals surface area contributed by atoms with E-state index in [-0.39, 0.29) is 30.2 Å². The summed E-state index contributed by atoms with van der Waals surface area (Å²) in [6.45, 7) is 6.62. The van der Waals surface area contributed by atoms with E-state index in [1.807, 2.05) is 50.2 Å². The van der Waals surface area contributed by atoms with Crippen molar-refractivity contribution in [2.24, 2.45) is 5.92 Å². The van der Waals surface area contributed by atoms with Crippen LogP contribution in [0, 0.1) is 12.8 Å². The van der Waals surface area contributed by atoms with Gasteiger partial charge in [-0.3, -0.25) is 9.29 Å². The SMILES string of the molecule is CC1=C(c2cccc(O)c2)[C@@H](c2ccc(OCCN3CC(CF)C3)cc2)Oc2ccc(O)c(C)c21. The van der Waals surface area contributed by atoms with Gasteiger partial charge in [0.05, 0.1) is 6.67 Å². The molecule has 0 radical (unpaired) electrons. The quantitative estimate of drug-likeness (QED) is 0.456. The highest BCUT2D eigenvalue weighted by atomic mass is 19.1. The van der Waals surface area contributed by atoms with E-state index < -0.39 is 0 Å². The summed E-state index contributed by atoms with van der Waals surface area (Å²) in [5.74, 6) is 2.07. The molecular weight excluding hydrogens is 445 g/mol. The fourth-order valence-electron chi connectivity index (χ4n) is 5.02. The Bertz CT molecular complexity index is 1250. The number of ether oxygens (including phenoxy) is 2. The molecule has 182 valence electrons. The van der Waals surface area contributed by atoms with Crippen molar-refractivity contribution in [3.63, 3.8) is 0 Å². The summed E-state index contributed by atoms with van der Waals surface area (Å²) >= 11 is 0. The van der Waals surface area contributed by atoms with E-state index in [4.69, 9.17) is 9.47 Å². The van der Waals surface area contributed by atoms with Gasteiger partial charge in [0.15, 0.2) is 0 Å². The highest BCUT2D eigenvalue weighted by Crippen LogP contribution is 2.49. The predicted octanol–water partition coefficient (Wildman–Crippen LogP) is 5.75. The maximum atomic E-state index is 12.6. The molecule has 1 atom stereocenters. The van der Waals surface area contributed by atoms with Gasteiger partial charge in [-0.2, -0.15) is 0 Å². The fourth-order valence-corrected chi connectivity index (χ4v) is 5.02. The molecule has 2 N–H and O–H groups in total. The lowest BCUT2D eigenvalue weighted by molar-refractivity contribution is 0.0668. The highest BCUT2D eigenvalue weighted by molar-refractivity contribution is 5.96. The number of hydrogen-bond donors (Lipinski definition) is 2. The van der Waals surface area contributed by atoms with E-state index in [1.54, 1.807) is 24.3 Å². The average Bonchev–Trinajstić information content (AvgIpc) is 2.83. The van der Waals surface area contributed by atoms with Crippen molar-refractivity contribution in [2.75, 3.05) is 32.9 Å². The lowest BCUT2D eigenvalue weighted by Gasteiger charge is -2.37. The van der Waals surface area contributed by atoms with Crippen molar-refractivity contribution in [1.29, 1.82) is 0 Å². The van der Waals surface area contributed by atoms with Gasteiger partial charge in [0.2, 0.25) is 0 Å². The Balaban J connectivity index is 1.41. The molecule has 0 saturated carbocycles. The van der Waals surface area contributed by atoms with Crippen LogP contribution in [0.25, 0.3) is 11.1 Å². The molecule has 0 unspecified atom stereocenters. The summed E-state index contributed by atoms with van der Waals surface area (Å²) < 4.78 is 25.0. The molecule has 35 heavy (non-hydrogen) atoms. The maximum Gasteiger partial charge on any atom is 0.150 e. The molecule has 2 aliphatic rings. The summed E-state index contributed by atoms with van der Waals surface area (Å²) in [5, 5.41) is 20.5. The first-order chi connectivity index (χ1) is 16.9. The average molecular weight is 476 g/mol. The van der Waals surface area contributed by atoms with E-state index in [0.29, 0.717) is 12.4 Å². The summed E-state index contributed by atoms with van der Waals surface area (Å²) in [5.41, 5.74) is 5.40. The molecule has 1 saturated heterocycles. The van der Waals surface area contributed by atoms with E-state index >= 15 is 0 Å². The van der Waals surface area contributed by atoms with Crippen LogP contribution in [-0.2, 0) is 0 Å². The first kappa shape index (κ1) is 23.2. The second-order valence-electron chi connectivity index (χ2n) is 9.37. The smallest absolute Gasteiger partial charge is 0.150 e. The van der Waals surface area contributed by atoms with Crippen molar-refractivity contribution < 1.29 is 24.1 Å². The number of allylic oxidation sites excluding steroid dienone is 1.